The van der Waals surface area contributed by atoms with E-state index in [0.717, 1.165) is 0 Å². The number of nitrogens with zero attached hydrogens (tertiary/aromatic N) is 3. The summed E-state index contributed by atoms with van der Waals surface area (Å²) in [5.41, 5.74) is 0.414. The molecule has 0 aliphatic carbocycles. The molecule has 9 nitrogen and oxygen atoms in total. The normalized spacial score (nSPS) is 10.1. The maximum absolute atomic E-state index is 12.4. The minimum atomic E-state index is -0.247. The van der Waals surface area contributed by atoms with Crippen molar-refractivity contribution in [2.24, 2.45) is 0 Å². The SMILES string of the molecule is COc1cccc(C(=O)NCCNc2ccc(Nc3ccccn3)nn2)c1OC. The lowest BCUT2D eigenvalue weighted by Crippen LogP contribution is -2.29. The van der Waals surface area contributed by atoms with Crippen molar-refractivity contribution in [3.63, 3.8) is 0 Å². The summed E-state index contributed by atoms with van der Waals surface area (Å²) in [6.07, 6.45) is 1.70. The highest BCUT2D eigenvalue weighted by atomic mass is 16.5. The quantitative estimate of drug-likeness (QED) is 0.475. The summed E-state index contributed by atoms with van der Waals surface area (Å²) >= 11 is 0. The smallest absolute Gasteiger partial charge is 0.255 e. The predicted molar refractivity (Wildman–Crippen MR) is 110 cm³/mol. The van der Waals surface area contributed by atoms with Gasteiger partial charge in [-0.15, -0.1) is 10.2 Å². The van der Waals surface area contributed by atoms with Gasteiger partial charge in [0.15, 0.2) is 17.3 Å². The van der Waals surface area contributed by atoms with Gasteiger partial charge in [0, 0.05) is 19.3 Å². The summed E-state index contributed by atoms with van der Waals surface area (Å²) in [5, 5.41) is 17.2. The van der Waals surface area contributed by atoms with Gasteiger partial charge in [0.2, 0.25) is 0 Å². The highest BCUT2D eigenvalue weighted by Gasteiger charge is 2.15. The first-order valence-electron chi connectivity index (χ1n) is 8.96. The van der Waals surface area contributed by atoms with Gasteiger partial charge in [0.25, 0.3) is 5.91 Å². The molecule has 3 N–H and O–H groups in total. The van der Waals surface area contributed by atoms with Gasteiger partial charge >= 0.3 is 0 Å². The van der Waals surface area contributed by atoms with Crippen LogP contribution in [0.4, 0.5) is 17.5 Å². The Balaban J connectivity index is 1.47. The molecule has 2 heterocycles. The van der Waals surface area contributed by atoms with Crippen LogP contribution >= 0.6 is 0 Å². The molecule has 0 fully saturated rings. The number of benzene rings is 1. The number of ether oxygens (including phenoxy) is 2. The maximum atomic E-state index is 12.4. The summed E-state index contributed by atoms with van der Waals surface area (Å²) in [6.45, 7) is 0.883. The Kier molecular flexibility index (Phi) is 6.77. The Morgan fingerprint density at radius 3 is 2.41 bits per heavy atom. The molecule has 0 aliphatic heterocycles. The number of hydrogen-bond acceptors (Lipinski definition) is 8. The fourth-order valence-electron chi connectivity index (χ4n) is 2.59. The van der Waals surface area contributed by atoms with Crippen LogP contribution in [0.1, 0.15) is 10.4 Å². The Morgan fingerprint density at radius 2 is 1.72 bits per heavy atom. The summed E-state index contributed by atoms with van der Waals surface area (Å²) in [6, 6.07) is 14.3. The highest BCUT2D eigenvalue weighted by Crippen LogP contribution is 2.30. The molecule has 0 saturated carbocycles. The average molecular weight is 394 g/mol. The molecule has 0 aliphatic rings. The summed E-state index contributed by atoms with van der Waals surface area (Å²) in [4.78, 5) is 16.6. The second-order valence-electron chi connectivity index (χ2n) is 5.87. The van der Waals surface area contributed by atoms with Crippen molar-refractivity contribution in [2.45, 2.75) is 0 Å². The van der Waals surface area contributed by atoms with Crippen LogP contribution in [0.3, 0.4) is 0 Å². The molecule has 29 heavy (non-hydrogen) atoms. The third kappa shape index (κ3) is 5.32. The van der Waals surface area contributed by atoms with Gasteiger partial charge in [-0.1, -0.05) is 12.1 Å². The lowest BCUT2D eigenvalue weighted by molar-refractivity contribution is 0.0951. The molecule has 0 radical (unpaired) electrons. The molecule has 0 bridgehead atoms. The van der Waals surface area contributed by atoms with Gasteiger partial charge in [-0.2, -0.15) is 0 Å². The lowest BCUT2D eigenvalue weighted by atomic mass is 10.1. The van der Waals surface area contributed by atoms with Crippen molar-refractivity contribution >= 4 is 23.4 Å². The first-order chi connectivity index (χ1) is 14.2. The number of pyridine rings is 1. The average Bonchev–Trinajstić information content (AvgIpc) is 2.77. The van der Waals surface area contributed by atoms with E-state index in [-0.39, 0.29) is 5.91 Å². The molecule has 0 spiro atoms. The number of rotatable bonds is 9. The van der Waals surface area contributed by atoms with Crippen molar-refractivity contribution in [1.29, 1.82) is 0 Å². The van der Waals surface area contributed by atoms with E-state index in [0.29, 0.717) is 47.6 Å². The molecule has 1 amide bonds. The van der Waals surface area contributed by atoms with Gasteiger partial charge in [0.05, 0.1) is 19.8 Å². The Hall–Kier alpha value is -3.88. The van der Waals surface area contributed by atoms with Crippen LogP contribution < -0.4 is 25.4 Å². The number of para-hydroxylation sites is 1. The van der Waals surface area contributed by atoms with Crippen molar-refractivity contribution in [1.82, 2.24) is 20.5 Å². The number of anilines is 3. The van der Waals surface area contributed by atoms with Crippen molar-refractivity contribution in [3.8, 4) is 11.5 Å². The van der Waals surface area contributed by atoms with E-state index in [1.54, 1.807) is 36.5 Å². The second-order valence-corrected chi connectivity index (χ2v) is 5.87. The minimum absolute atomic E-state index is 0.247. The number of aromatic nitrogens is 3. The van der Waals surface area contributed by atoms with E-state index in [4.69, 9.17) is 9.47 Å². The molecule has 150 valence electrons. The van der Waals surface area contributed by atoms with E-state index in [1.807, 2.05) is 18.2 Å². The largest absolute Gasteiger partial charge is 0.493 e. The maximum Gasteiger partial charge on any atom is 0.255 e. The predicted octanol–water partition coefficient (Wildman–Crippen LogP) is 2.47. The molecule has 1 aromatic carbocycles. The molecular formula is C20H22N6O3. The van der Waals surface area contributed by atoms with Crippen molar-refractivity contribution in [3.05, 3.63) is 60.3 Å². The van der Waals surface area contributed by atoms with Crippen LogP contribution in [0.5, 0.6) is 11.5 Å². The van der Waals surface area contributed by atoms with E-state index < -0.39 is 0 Å². The van der Waals surface area contributed by atoms with Crippen molar-refractivity contribution in [2.75, 3.05) is 37.9 Å². The molecule has 3 rings (SSSR count). The van der Waals surface area contributed by atoms with Crippen LogP contribution in [-0.4, -0.2) is 48.4 Å². The van der Waals surface area contributed by atoms with Crippen LogP contribution in [0.2, 0.25) is 0 Å². The van der Waals surface area contributed by atoms with Crippen LogP contribution in [0.25, 0.3) is 0 Å². The molecule has 0 unspecified atom stereocenters. The monoisotopic (exact) mass is 394 g/mol. The standard InChI is InChI=1S/C20H22N6O3/c1-28-15-7-5-6-14(19(15)29-2)20(27)23-13-12-22-17-9-10-18(26-25-17)24-16-8-3-4-11-21-16/h3-11H,12-13H2,1-2H3,(H,22,25)(H,23,27)(H,21,24,26). The van der Waals surface area contributed by atoms with Gasteiger partial charge in [-0.3, -0.25) is 4.79 Å². The highest BCUT2D eigenvalue weighted by molar-refractivity contribution is 5.97. The summed E-state index contributed by atoms with van der Waals surface area (Å²) in [7, 11) is 3.03. The second kappa shape index (κ2) is 9.88. The molecule has 0 saturated heterocycles. The molecule has 2 aromatic heterocycles. The number of hydrogen-bond donors (Lipinski definition) is 3. The summed E-state index contributed by atoms with van der Waals surface area (Å²) < 4.78 is 10.5. The fourth-order valence-corrected chi connectivity index (χ4v) is 2.59. The van der Waals surface area contributed by atoms with Crippen LogP contribution in [0, 0.1) is 0 Å². The number of carbonyl (C=O) groups excluding carboxylic acids is 1. The van der Waals surface area contributed by atoms with E-state index in [2.05, 4.69) is 31.1 Å². The zero-order valence-corrected chi connectivity index (χ0v) is 16.2. The number of amides is 1. The van der Waals surface area contributed by atoms with Gasteiger partial charge in [-0.25, -0.2) is 4.98 Å². The minimum Gasteiger partial charge on any atom is -0.493 e. The first-order valence-corrected chi connectivity index (χ1v) is 8.96. The van der Waals surface area contributed by atoms with Gasteiger partial charge in [-0.05, 0) is 36.4 Å². The lowest BCUT2D eigenvalue weighted by Gasteiger charge is -2.13. The zero-order chi connectivity index (χ0) is 20.5. The van der Waals surface area contributed by atoms with Crippen molar-refractivity contribution < 1.29 is 14.3 Å². The summed E-state index contributed by atoms with van der Waals surface area (Å²) in [5.74, 6) is 2.55. The van der Waals surface area contributed by atoms with E-state index >= 15 is 0 Å². The third-order valence-electron chi connectivity index (χ3n) is 3.95. The Bertz CT molecular complexity index is 935. The molecule has 9 heteroatoms. The molecule has 3 aromatic rings. The fraction of sp³-hybridized carbons (Fsp3) is 0.200. The number of nitrogens with one attached hydrogen (secondary N) is 3. The van der Waals surface area contributed by atoms with Gasteiger partial charge in [0.1, 0.15) is 11.6 Å². The Morgan fingerprint density at radius 1 is 0.897 bits per heavy atom. The van der Waals surface area contributed by atoms with Gasteiger partial charge < -0.3 is 25.4 Å². The Labute approximate surface area is 168 Å². The molecular weight excluding hydrogens is 372 g/mol. The topological polar surface area (TPSA) is 110 Å². The number of carbonyl (C=O) groups is 1. The number of methoxy groups -OCH3 is 2. The van der Waals surface area contributed by atoms with E-state index in [9.17, 15) is 4.79 Å². The first kappa shape index (κ1) is 19.9. The zero-order valence-electron chi connectivity index (χ0n) is 16.2. The van der Waals surface area contributed by atoms with Crippen LogP contribution in [-0.2, 0) is 0 Å². The molecule has 0 atom stereocenters. The van der Waals surface area contributed by atoms with E-state index in [1.165, 1.54) is 14.2 Å². The third-order valence-corrected chi connectivity index (χ3v) is 3.95. The van der Waals surface area contributed by atoms with Crippen LogP contribution in [0.15, 0.2) is 54.7 Å².